The number of primary amides is 1. The maximum Gasteiger partial charge on any atom is 0.272 e. The number of amides is 2. The number of nitrogens with two attached hydrogens (primary N) is 1. The number of alkyl halides is 2. The van der Waals surface area contributed by atoms with Crippen LogP contribution in [0.15, 0.2) is 24.4 Å². The first-order chi connectivity index (χ1) is 15.2. The maximum atomic E-state index is 14.6. The standard InChI is InChI=1S/C20H17Cl2F3N3O4/c21-10-4-11(17(13(22)5-10)32-8-16(24)25)9-3-14(23)15(28-6-9)1-2-27-20(30)12-7-31-18(12)19(26)29/h3-6,16,18H,1-2,7-8H2,(H2,26,29)(H,27,30)/t18-/m1/s1. The number of carbonyl (C=O) groups is 2. The van der Waals surface area contributed by atoms with E-state index in [0.29, 0.717) is 0 Å². The van der Waals surface area contributed by atoms with E-state index >= 15 is 0 Å². The van der Waals surface area contributed by atoms with E-state index < -0.39 is 36.8 Å². The summed E-state index contributed by atoms with van der Waals surface area (Å²) in [6.07, 6.45) is -2.41. The van der Waals surface area contributed by atoms with Crippen LogP contribution in [0.1, 0.15) is 5.69 Å². The number of rotatable bonds is 9. The molecule has 0 bridgehead atoms. The lowest BCUT2D eigenvalue weighted by Gasteiger charge is -2.32. The second-order valence-corrected chi connectivity index (χ2v) is 7.59. The zero-order valence-electron chi connectivity index (χ0n) is 16.3. The molecule has 171 valence electrons. The van der Waals surface area contributed by atoms with Crippen LogP contribution in [0.4, 0.5) is 13.2 Å². The Morgan fingerprint density at radius 2 is 2.06 bits per heavy atom. The van der Waals surface area contributed by atoms with Crippen molar-refractivity contribution in [1.82, 2.24) is 10.3 Å². The van der Waals surface area contributed by atoms with Crippen LogP contribution >= 0.6 is 23.2 Å². The number of aromatic nitrogens is 1. The fraction of sp³-hybridized carbons (Fsp3) is 0.300. The van der Waals surface area contributed by atoms with E-state index in [9.17, 15) is 22.8 Å². The molecule has 2 aromatic rings. The smallest absolute Gasteiger partial charge is 0.272 e. The van der Waals surface area contributed by atoms with Crippen molar-refractivity contribution < 1.29 is 32.2 Å². The maximum absolute atomic E-state index is 14.6. The van der Waals surface area contributed by atoms with Crippen LogP contribution in [0.25, 0.3) is 11.1 Å². The number of pyridine rings is 1. The largest absolute Gasteiger partial charge is 0.485 e. The van der Waals surface area contributed by atoms with Crippen LogP contribution in [0, 0.1) is 11.7 Å². The van der Waals surface area contributed by atoms with Crippen molar-refractivity contribution >= 4 is 35.0 Å². The van der Waals surface area contributed by atoms with Crippen LogP contribution < -0.4 is 15.8 Å². The second-order valence-electron chi connectivity index (χ2n) is 6.74. The quantitative estimate of drug-likeness (QED) is 0.562. The van der Waals surface area contributed by atoms with E-state index in [1.54, 1.807) is 0 Å². The summed E-state index contributed by atoms with van der Waals surface area (Å²) in [5.74, 6) is -1.83. The molecule has 1 aromatic heterocycles. The van der Waals surface area contributed by atoms with Crippen LogP contribution in [0.3, 0.4) is 0 Å². The molecule has 0 aliphatic carbocycles. The molecule has 0 saturated carbocycles. The lowest BCUT2D eigenvalue weighted by atomic mass is 9.96. The average molecular weight is 491 g/mol. The predicted octanol–water partition coefficient (Wildman–Crippen LogP) is 2.96. The van der Waals surface area contributed by atoms with E-state index in [0.717, 1.165) is 6.07 Å². The fourth-order valence-electron chi connectivity index (χ4n) is 2.96. The first-order valence-electron chi connectivity index (χ1n) is 9.27. The predicted molar refractivity (Wildman–Crippen MR) is 110 cm³/mol. The number of carbonyl (C=O) groups excluding carboxylic acids is 2. The van der Waals surface area contributed by atoms with Gasteiger partial charge in [-0.05, 0) is 18.2 Å². The molecule has 1 aliphatic rings. The van der Waals surface area contributed by atoms with Gasteiger partial charge in [-0.1, -0.05) is 23.2 Å². The van der Waals surface area contributed by atoms with Gasteiger partial charge in [0, 0.05) is 35.3 Å². The van der Waals surface area contributed by atoms with E-state index in [1.165, 1.54) is 18.3 Å². The van der Waals surface area contributed by atoms with Gasteiger partial charge < -0.3 is 20.5 Å². The molecule has 32 heavy (non-hydrogen) atoms. The third-order valence-electron chi connectivity index (χ3n) is 4.51. The normalized spacial score (nSPS) is 16.0. The van der Waals surface area contributed by atoms with Crippen molar-refractivity contribution in [1.29, 1.82) is 0 Å². The van der Waals surface area contributed by atoms with Crippen molar-refractivity contribution in [3.05, 3.63) is 51.9 Å². The van der Waals surface area contributed by atoms with Crippen molar-refractivity contribution in [2.24, 2.45) is 5.73 Å². The molecule has 1 saturated heterocycles. The van der Waals surface area contributed by atoms with Crippen molar-refractivity contribution in [3.63, 3.8) is 0 Å². The second kappa shape index (κ2) is 10.4. The van der Waals surface area contributed by atoms with Gasteiger partial charge in [-0.2, -0.15) is 0 Å². The Labute approximate surface area is 191 Å². The van der Waals surface area contributed by atoms with Gasteiger partial charge in [0.1, 0.15) is 24.1 Å². The van der Waals surface area contributed by atoms with Gasteiger partial charge in [0.05, 0.1) is 17.3 Å². The van der Waals surface area contributed by atoms with Gasteiger partial charge in [-0.15, -0.1) is 0 Å². The summed E-state index contributed by atoms with van der Waals surface area (Å²) in [6.45, 7) is -0.857. The van der Waals surface area contributed by atoms with Crippen LogP contribution in [-0.2, 0) is 20.7 Å². The molecular weight excluding hydrogens is 474 g/mol. The molecule has 12 heteroatoms. The number of halogens is 5. The topological polar surface area (TPSA) is 104 Å². The first-order valence-corrected chi connectivity index (χ1v) is 10.0. The van der Waals surface area contributed by atoms with E-state index in [2.05, 4.69) is 10.3 Å². The van der Waals surface area contributed by atoms with Crippen molar-refractivity contribution in [2.45, 2.75) is 19.0 Å². The number of nitrogens with zero attached hydrogens (tertiary/aromatic N) is 1. The SMILES string of the molecule is NC(=O)[C@@H]1OC[C]1C(=O)NCCc1ncc(-c2cc(Cl)cc(Cl)c2OCC(F)F)cc1F. The minimum Gasteiger partial charge on any atom is -0.485 e. The van der Waals surface area contributed by atoms with Gasteiger partial charge in [-0.25, -0.2) is 13.2 Å². The van der Waals surface area contributed by atoms with Crippen LogP contribution in [0.2, 0.25) is 10.0 Å². The Hall–Kier alpha value is -2.56. The molecular formula is C20H17Cl2F3N3O4. The number of nitrogens with one attached hydrogen (secondary N) is 1. The summed E-state index contributed by atoms with van der Waals surface area (Å²) < 4.78 is 49.7. The van der Waals surface area contributed by atoms with Crippen molar-refractivity contribution in [3.8, 4) is 16.9 Å². The first kappa shape index (κ1) is 24.1. The summed E-state index contributed by atoms with van der Waals surface area (Å²) in [6, 6.07) is 3.86. The van der Waals surface area contributed by atoms with Gasteiger partial charge in [0.2, 0.25) is 11.8 Å². The molecule has 1 fully saturated rings. The highest BCUT2D eigenvalue weighted by molar-refractivity contribution is 6.36. The average Bonchev–Trinajstić information content (AvgIpc) is 2.66. The zero-order chi connectivity index (χ0) is 23.4. The number of hydrogen-bond donors (Lipinski definition) is 2. The summed E-state index contributed by atoms with van der Waals surface area (Å²) in [7, 11) is 0. The van der Waals surface area contributed by atoms with Gasteiger partial charge >= 0.3 is 0 Å². The Morgan fingerprint density at radius 3 is 2.66 bits per heavy atom. The highest BCUT2D eigenvalue weighted by Crippen LogP contribution is 2.39. The number of ether oxygens (including phenoxy) is 2. The minimum atomic E-state index is -2.73. The molecule has 1 aromatic carbocycles. The summed E-state index contributed by atoms with van der Waals surface area (Å²) in [5.41, 5.74) is 5.58. The summed E-state index contributed by atoms with van der Waals surface area (Å²) in [5, 5.41) is 2.74. The molecule has 1 atom stereocenters. The highest BCUT2D eigenvalue weighted by Gasteiger charge is 2.42. The molecule has 3 rings (SSSR count). The van der Waals surface area contributed by atoms with Crippen molar-refractivity contribution in [2.75, 3.05) is 19.8 Å². The van der Waals surface area contributed by atoms with E-state index in [4.69, 9.17) is 38.4 Å². The Morgan fingerprint density at radius 1 is 1.31 bits per heavy atom. The molecule has 7 nitrogen and oxygen atoms in total. The summed E-state index contributed by atoms with van der Waals surface area (Å²) in [4.78, 5) is 27.2. The Kier molecular flexibility index (Phi) is 7.81. The molecule has 0 unspecified atom stereocenters. The van der Waals surface area contributed by atoms with Crippen LogP contribution in [-0.4, -0.2) is 49.1 Å². The van der Waals surface area contributed by atoms with Gasteiger partial charge in [0.25, 0.3) is 6.43 Å². The summed E-state index contributed by atoms with van der Waals surface area (Å²) >= 11 is 12.1. The Bertz CT molecular complexity index is 1030. The van der Waals surface area contributed by atoms with Gasteiger partial charge in [0.15, 0.2) is 6.10 Å². The lowest BCUT2D eigenvalue weighted by Crippen LogP contribution is -2.53. The third kappa shape index (κ3) is 5.62. The molecule has 1 radical (unpaired) electrons. The van der Waals surface area contributed by atoms with Crippen LogP contribution in [0.5, 0.6) is 5.75 Å². The molecule has 0 spiro atoms. The molecule has 2 amide bonds. The Balaban J connectivity index is 1.69. The highest BCUT2D eigenvalue weighted by atomic mass is 35.5. The monoisotopic (exact) mass is 490 g/mol. The number of benzene rings is 1. The molecule has 1 aliphatic heterocycles. The zero-order valence-corrected chi connectivity index (χ0v) is 17.9. The lowest BCUT2D eigenvalue weighted by molar-refractivity contribution is -0.144. The fourth-order valence-corrected chi connectivity index (χ4v) is 3.51. The molecule has 2 heterocycles. The van der Waals surface area contributed by atoms with E-state index in [-0.39, 0.29) is 58.1 Å². The minimum absolute atomic E-state index is 0.00108. The van der Waals surface area contributed by atoms with Gasteiger partial charge in [-0.3, -0.25) is 14.6 Å². The molecule has 3 N–H and O–H groups in total. The van der Waals surface area contributed by atoms with E-state index in [1.807, 2.05) is 0 Å². The third-order valence-corrected chi connectivity index (χ3v) is 5.01. The number of hydrogen-bond acceptors (Lipinski definition) is 5.